The van der Waals surface area contributed by atoms with Crippen molar-refractivity contribution < 1.29 is 19.1 Å². The Labute approximate surface area is 346 Å². The maximum Gasteiger partial charge on any atom is 0.253 e. The number of nitrogens with one attached hydrogen (secondary N) is 2. The molecule has 1 atom stereocenters. The third-order valence-corrected chi connectivity index (χ3v) is 12.5. The first-order chi connectivity index (χ1) is 28.4. The monoisotopic (exact) mass is 805 g/mol. The summed E-state index contributed by atoms with van der Waals surface area (Å²) in [6.45, 7) is 7.01. The molecule has 0 aliphatic carbocycles. The number of nitrogens with zero attached hydrogens (tertiary/aromatic N) is 4. The van der Waals surface area contributed by atoms with E-state index in [0.717, 1.165) is 67.5 Å². The number of halogens is 1. The molecule has 12 nitrogen and oxygen atoms in total. The molecular formula is C46H60FN9O3. The van der Waals surface area contributed by atoms with Crippen LogP contribution in [0.3, 0.4) is 0 Å². The number of alkyl halides is 1. The molecule has 13 heteroatoms. The van der Waals surface area contributed by atoms with E-state index in [0.29, 0.717) is 80.5 Å². The Morgan fingerprint density at radius 3 is 2.36 bits per heavy atom. The van der Waals surface area contributed by atoms with E-state index in [-0.39, 0.29) is 29.3 Å². The number of carbonyl (C=O) groups is 2. The molecule has 9 N–H and O–H groups in total. The number of para-hydroxylation sites is 1. The topological polar surface area (TPSA) is 171 Å². The van der Waals surface area contributed by atoms with Crippen LogP contribution in [-0.4, -0.2) is 101 Å². The third kappa shape index (κ3) is 9.69. The molecule has 1 unspecified atom stereocenters. The van der Waals surface area contributed by atoms with Gasteiger partial charge in [0.05, 0.1) is 5.70 Å². The zero-order valence-electron chi connectivity index (χ0n) is 34.4. The molecule has 3 fully saturated rings. The van der Waals surface area contributed by atoms with Crippen LogP contribution in [0.5, 0.6) is 5.75 Å². The van der Waals surface area contributed by atoms with Gasteiger partial charge in [0.15, 0.2) is 0 Å². The first-order valence-electron chi connectivity index (χ1n) is 21.0. The van der Waals surface area contributed by atoms with Crippen LogP contribution in [0.2, 0.25) is 0 Å². The van der Waals surface area contributed by atoms with Gasteiger partial charge in [-0.1, -0.05) is 24.3 Å². The third-order valence-electron chi connectivity index (χ3n) is 12.5. The minimum Gasteiger partial charge on any atom is -0.507 e. The molecule has 3 aliphatic rings. The van der Waals surface area contributed by atoms with Gasteiger partial charge in [-0.05, 0) is 99.3 Å². The summed E-state index contributed by atoms with van der Waals surface area (Å²) in [7, 11) is 1.83. The average Bonchev–Trinajstić information content (AvgIpc) is 3.57. The largest absolute Gasteiger partial charge is 0.507 e. The summed E-state index contributed by atoms with van der Waals surface area (Å²) >= 11 is 0. The highest BCUT2D eigenvalue weighted by atomic mass is 19.1. The van der Waals surface area contributed by atoms with E-state index in [2.05, 4.69) is 50.3 Å². The van der Waals surface area contributed by atoms with Crippen molar-refractivity contribution in [3.8, 4) is 5.75 Å². The molecule has 3 saturated heterocycles. The summed E-state index contributed by atoms with van der Waals surface area (Å²) in [5.41, 5.74) is 23.7. The summed E-state index contributed by atoms with van der Waals surface area (Å²) in [5.74, 6) is 0.371. The van der Waals surface area contributed by atoms with Gasteiger partial charge in [-0.25, -0.2) is 4.39 Å². The zero-order valence-corrected chi connectivity index (χ0v) is 34.4. The number of fused-ring (bicyclic) bond motifs is 1. The normalized spacial score (nSPS) is 19.2. The number of aromatic nitrogens is 1. The van der Waals surface area contributed by atoms with Crippen molar-refractivity contribution in [3.05, 3.63) is 113 Å². The van der Waals surface area contributed by atoms with Gasteiger partial charge in [0, 0.05) is 123 Å². The molecule has 3 aliphatic heterocycles. The lowest BCUT2D eigenvalue weighted by atomic mass is 9.89. The number of amides is 2. The van der Waals surface area contributed by atoms with Crippen LogP contribution in [0.1, 0.15) is 84.0 Å². The number of anilines is 1. The zero-order chi connectivity index (χ0) is 41.7. The Morgan fingerprint density at radius 1 is 0.932 bits per heavy atom. The SMILES string of the molecule is CNCCC(=O)Nc1ccc2c(c1)c(C)cn2C1CCN(CC2(F)CCN(C(=O)c3ccc(C4CCCN(C(/C=C(\N)c5ccccc5O)=C(N)N)C4)cc3)CC2)CC1. The minimum absolute atomic E-state index is 0.00740. The fraction of sp³-hybridized carbons (Fsp3) is 0.435. The highest BCUT2D eigenvalue weighted by molar-refractivity contribution is 5.95. The van der Waals surface area contributed by atoms with E-state index in [1.54, 1.807) is 29.2 Å². The van der Waals surface area contributed by atoms with Crippen LogP contribution in [0.25, 0.3) is 16.6 Å². The van der Waals surface area contributed by atoms with Gasteiger partial charge >= 0.3 is 0 Å². The minimum atomic E-state index is -1.33. The summed E-state index contributed by atoms with van der Waals surface area (Å²) in [6, 6.07) is 21.2. The highest BCUT2D eigenvalue weighted by Crippen LogP contribution is 2.35. The van der Waals surface area contributed by atoms with Gasteiger partial charge in [0.1, 0.15) is 17.2 Å². The van der Waals surface area contributed by atoms with Gasteiger partial charge in [-0.2, -0.15) is 0 Å². The number of phenols is 1. The molecule has 7 rings (SSSR count). The number of hydrogen-bond acceptors (Lipinski definition) is 9. The van der Waals surface area contributed by atoms with Gasteiger partial charge < -0.3 is 52.2 Å². The van der Waals surface area contributed by atoms with E-state index in [9.17, 15) is 14.7 Å². The second-order valence-corrected chi connectivity index (χ2v) is 16.7. The van der Waals surface area contributed by atoms with E-state index in [1.165, 1.54) is 5.56 Å². The fourth-order valence-corrected chi connectivity index (χ4v) is 9.14. The van der Waals surface area contributed by atoms with Crippen molar-refractivity contribution in [2.24, 2.45) is 17.2 Å². The number of aryl methyl sites for hydroxylation is 1. The Kier molecular flexibility index (Phi) is 12.8. The number of likely N-dealkylation sites (tertiary alicyclic amines) is 3. The Balaban J connectivity index is 0.894. The molecule has 59 heavy (non-hydrogen) atoms. The second kappa shape index (κ2) is 18.2. The van der Waals surface area contributed by atoms with Crippen molar-refractivity contribution in [3.63, 3.8) is 0 Å². The summed E-state index contributed by atoms with van der Waals surface area (Å²) < 4.78 is 18.7. The molecule has 314 valence electrons. The number of hydrogen-bond donors (Lipinski definition) is 6. The summed E-state index contributed by atoms with van der Waals surface area (Å²) in [6.07, 6.45) is 8.79. The van der Waals surface area contributed by atoms with Crippen LogP contribution in [-0.2, 0) is 4.79 Å². The molecule has 1 aromatic heterocycles. The van der Waals surface area contributed by atoms with Crippen LogP contribution in [0.4, 0.5) is 10.1 Å². The van der Waals surface area contributed by atoms with Crippen LogP contribution < -0.4 is 27.8 Å². The Hall–Kier alpha value is -5.53. The summed E-state index contributed by atoms with van der Waals surface area (Å²) in [5, 5.41) is 17.4. The first-order valence-corrected chi connectivity index (χ1v) is 21.0. The van der Waals surface area contributed by atoms with Gasteiger partial charge in [0.2, 0.25) is 5.91 Å². The van der Waals surface area contributed by atoms with Crippen LogP contribution >= 0.6 is 0 Å². The molecule has 0 saturated carbocycles. The molecule has 0 radical (unpaired) electrons. The van der Waals surface area contributed by atoms with E-state index in [1.807, 2.05) is 43.4 Å². The van der Waals surface area contributed by atoms with E-state index >= 15 is 4.39 Å². The molecule has 0 bridgehead atoms. The van der Waals surface area contributed by atoms with Crippen LogP contribution in [0, 0.1) is 6.92 Å². The number of carbonyl (C=O) groups excluding carboxylic acids is 2. The van der Waals surface area contributed by atoms with Gasteiger partial charge in [-0.3, -0.25) is 9.59 Å². The molecule has 4 heterocycles. The number of rotatable bonds is 12. The maximum atomic E-state index is 16.3. The second-order valence-electron chi connectivity index (χ2n) is 16.7. The van der Waals surface area contributed by atoms with Crippen molar-refractivity contribution in [1.82, 2.24) is 24.6 Å². The number of piperidine rings is 3. The van der Waals surface area contributed by atoms with Crippen molar-refractivity contribution in [2.75, 3.05) is 64.7 Å². The Morgan fingerprint density at radius 2 is 1.66 bits per heavy atom. The van der Waals surface area contributed by atoms with Crippen molar-refractivity contribution >= 4 is 34.1 Å². The summed E-state index contributed by atoms with van der Waals surface area (Å²) in [4.78, 5) is 32.1. The Bertz CT molecular complexity index is 2180. The lowest BCUT2D eigenvalue weighted by Crippen LogP contribution is -2.51. The van der Waals surface area contributed by atoms with Crippen molar-refractivity contribution in [2.45, 2.75) is 69.5 Å². The average molecular weight is 806 g/mol. The van der Waals surface area contributed by atoms with Gasteiger partial charge in [-0.15, -0.1) is 0 Å². The van der Waals surface area contributed by atoms with E-state index in [4.69, 9.17) is 17.2 Å². The number of aromatic hydroxyl groups is 1. The number of allylic oxidation sites excluding steroid dienone is 1. The number of nitrogens with two attached hydrogens (primary N) is 3. The molecule has 0 spiro atoms. The first kappa shape index (κ1) is 41.6. The lowest BCUT2D eigenvalue weighted by Gasteiger charge is -2.41. The molecular weight excluding hydrogens is 746 g/mol. The predicted molar refractivity (Wildman–Crippen MR) is 233 cm³/mol. The molecule has 4 aromatic rings. The number of phenolic OH excluding ortho intramolecular Hbond substituents is 1. The predicted octanol–water partition coefficient (Wildman–Crippen LogP) is 5.75. The highest BCUT2D eigenvalue weighted by Gasteiger charge is 2.39. The maximum absolute atomic E-state index is 16.3. The fourth-order valence-electron chi connectivity index (χ4n) is 9.14. The number of benzene rings is 3. The van der Waals surface area contributed by atoms with Crippen LogP contribution in [0.15, 0.2) is 90.5 Å². The van der Waals surface area contributed by atoms with Crippen molar-refractivity contribution in [1.29, 1.82) is 0 Å². The quantitative estimate of drug-likeness (QED) is 0.0977. The molecule has 3 aromatic carbocycles. The lowest BCUT2D eigenvalue weighted by molar-refractivity contribution is -0.116. The molecule has 2 amide bonds. The van der Waals surface area contributed by atoms with E-state index < -0.39 is 5.67 Å². The standard InChI is InChI=1S/C46H60FN9O3/c1-31-28-56(40-14-13-35(26-38(31)40)52-43(58)15-20-51-2)36-16-22-53(23-17-36)30-46(47)18-24-54(25-19-46)45(59)33-11-9-32(10-12-33)34-6-5-21-55(29-34)41(44(49)50)27-39(48)37-7-3-4-8-42(37)57/h3-4,7-14,26-28,34,36,51,57H,5-6,15-25,29-30,48-50H2,1-2H3,(H,52,58)/b39-27-. The smallest absolute Gasteiger partial charge is 0.253 e. The van der Waals surface area contributed by atoms with Gasteiger partial charge in [0.25, 0.3) is 5.91 Å².